The van der Waals surface area contributed by atoms with E-state index in [0.717, 1.165) is 25.7 Å². The molecule has 0 saturated carbocycles. The molecule has 6 nitrogen and oxygen atoms in total. The summed E-state index contributed by atoms with van der Waals surface area (Å²) in [6, 6.07) is 0.464. The number of methoxy groups -OCH3 is 1. The number of hydrogen-bond acceptors (Lipinski definition) is 6. The van der Waals surface area contributed by atoms with Gasteiger partial charge in [-0.25, -0.2) is 0 Å². The van der Waals surface area contributed by atoms with Gasteiger partial charge in [-0.05, 0) is 64.3 Å². The van der Waals surface area contributed by atoms with Gasteiger partial charge in [0, 0.05) is 25.5 Å². The van der Waals surface area contributed by atoms with Gasteiger partial charge in [-0.15, -0.1) is 0 Å². The van der Waals surface area contributed by atoms with Crippen LogP contribution in [-0.4, -0.2) is 61.3 Å². The molecule has 32 heavy (non-hydrogen) atoms. The van der Waals surface area contributed by atoms with E-state index < -0.39 is 24.1 Å². The fraction of sp³-hybridized carbons (Fsp3) is 0.962. The summed E-state index contributed by atoms with van der Waals surface area (Å²) in [6.07, 6.45) is 4.09. The molecule has 1 aliphatic rings. The second-order valence-electron chi connectivity index (χ2n) is 10.8. The molecule has 6 heteroatoms. The molecule has 0 aromatic rings. The van der Waals surface area contributed by atoms with Crippen LogP contribution in [0.1, 0.15) is 87.5 Å². The Kier molecular flexibility index (Phi) is 12.9. The monoisotopic (exact) mass is 457 g/mol. The minimum Gasteiger partial charge on any atom is -0.387 e. The number of carbonyl (C=O) groups is 1. The number of hydrogen-bond donors (Lipinski definition) is 2. The average Bonchev–Trinajstić information content (AvgIpc) is 2.73. The van der Waals surface area contributed by atoms with Crippen LogP contribution in [0.5, 0.6) is 0 Å². The highest BCUT2D eigenvalue weighted by molar-refractivity contribution is 5.53. The van der Waals surface area contributed by atoms with Gasteiger partial charge in [0.1, 0.15) is 12.4 Å². The Morgan fingerprint density at radius 2 is 1.84 bits per heavy atom. The van der Waals surface area contributed by atoms with Crippen molar-refractivity contribution in [3.63, 3.8) is 0 Å². The topological polar surface area (TPSA) is 77.0 Å². The van der Waals surface area contributed by atoms with Gasteiger partial charge in [-0.2, -0.15) is 0 Å². The summed E-state index contributed by atoms with van der Waals surface area (Å²) in [5, 5.41) is 14.1. The van der Waals surface area contributed by atoms with Gasteiger partial charge in [0.05, 0.1) is 17.8 Å². The zero-order valence-electron chi connectivity index (χ0n) is 22.1. The van der Waals surface area contributed by atoms with Crippen molar-refractivity contribution >= 4 is 6.29 Å². The predicted octanol–water partition coefficient (Wildman–Crippen LogP) is 4.57. The molecular formula is C26H51NO5. The van der Waals surface area contributed by atoms with Crippen LogP contribution in [0.2, 0.25) is 0 Å². The summed E-state index contributed by atoms with van der Waals surface area (Å²) in [6.45, 7) is 17.9. The zero-order chi connectivity index (χ0) is 24.5. The number of ether oxygens (including phenoxy) is 3. The Balaban J connectivity index is 2.68. The van der Waals surface area contributed by atoms with Gasteiger partial charge in [-0.1, -0.05) is 41.0 Å². The molecule has 0 aromatic heterocycles. The minimum absolute atomic E-state index is 0.205. The molecule has 0 radical (unpaired) electrons. The number of carbonyl (C=O) groups excluding carboxylic acids is 1. The fourth-order valence-corrected chi connectivity index (χ4v) is 5.17. The standard InChI is InChI=1S/C26H51NO5/c1-10-11-17(2)15-27-21(6)13-18(3)12-19(4)24(20(5)16-28)32-23-14-26(8,30-9)25(29)22(7)31-23/h16-25,27,29H,10-15H2,1-9H3/t17-,18?,19?,20?,21-,22+,23?,24?,25?,26-/m1/s1. The highest BCUT2D eigenvalue weighted by Gasteiger charge is 2.46. The van der Waals surface area contributed by atoms with Gasteiger partial charge in [0.25, 0.3) is 0 Å². The molecule has 1 fully saturated rings. The van der Waals surface area contributed by atoms with E-state index in [4.69, 9.17) is 14.2 Å². The number of aldehydes is 1. The molecule has 2 N–H and O–H groups in total. The third-order valence-corrected chi connectivity index (χ3v) is 7.20. The quantitative estimate of drug-likeness (QED) is 0.351. The number of aliphatic hydroxyl groups excluding tert-OH is 1. The number of nitrogens with one attached hydrogen (secondary N) is 1. The Hall–Kier alpha value is -0.530. The first-order chi connectivity index (χ1) is 15.0. The van der Waals surface area contributed by atoms with Crippen molar-refractivity contribution < 1.29 is 24.1 Å². The molecule has 1 aliphatic heterocycles. The summed E-state index contributed by atoms with van der Waals surface area (Å²) >= 11 is 0. The molecule has 0 spiro atoms. The maximum Gasteiger partial charge on any atom is 0.161 e. The van der Waals surface area contributed by atoms with Gasteiger partial charge >= 0.3 is 0 Å². The van der Waals surface area contributed by atoms with E-state index in [9.17, 15) is 9.90 Å². The van der Waals surface area contributed by atoms with Crippen molar-refractivity contribution in [2.75, 3.05) is 13.7 Å². The van der Waals surface area contributed by atoms with Crippen molar-refractivity contribution in [3.8, 4) is 0 Å². The molecule has 0 aliphatic carbocycles. The van der Waals surface area contributed by atoms with Gasteiger partial charge < -0.3 is 29.4 Å². The summed E-state index contributed by atoms with van der Waals surface area (Å²) in [5.41, 5.74) is -0.732. The normalized spacial score (nSPS) is 32.0. The first kappa shape index (κ1) is 29.5. The third kappa shape index (κ3) is 9.02. The van der Waals surface area contributed by atoms with Crippen LogP contribution in [0.15, 0.2) is 0 Å². The third-order valence-electron chi connectivity index (χ3n) is 7.20. The smallest absolute Gasteiger partial charge is 0.161 e. The van der Waals surface area contributed by atoms with Gasteiger partial charge in [0.15, 0.2) is 6.29 Å². The molecule has 0 bridgehead atoms. The van der Waals surface area contributed by atoms with E-state index in [2.05, 4.69) is 39.9 Å². The lowest BCUT2D eigenvalue weighted by atomic mass is 9.84. The number of aliphatic hydroxyl groups is 1. The van der Waals surface area contributed by atoms with E-state index in [0.29, 0.717) is 24.3 Å². The first-order valence-corrected chi connectivity index (χ1v) is 12.7. The van der Waals surface area contributed by atoms with Crippen LogP contribution < -0.4 is 5.32 Å². The lowest BCUT2D eigenvalue weighted by molar-refractivity contribution is -0.294. The summed E-state index contributed by atoms with van der Waals surface area (Å²) in [4.78, 5) is 11.7. The molecular weight excluding hydrogens is 406 g/mol. The summed E-state index contributed by atoms with van der Waals surface area (Å²) < 4.78 is 17.9. The zero-order valence-corrected chi connectivity index (χ0v) is 22.1. The molecule has 1 heterocycles. The maximum atomic E-state index is 11.7. The van der Waals surface area contributed by atoms with E-state index in [-0.39, 0.29) is 17.9 Å². The van der Waals surface area contributed by atoms with Gasteiger partial charge in [0.2, 0.25) is 0 Å². The maximum absolute atomic E-state index is 11.7. The minimum atomic E-state index is -0.732. The summed E-state index contributed by atoms with van der Waals surface area (Å²) in [7, 11) is 1.60. The van der Waals surface area contributed by atoms with Crippen molar-refractivity contribution in [2.45, 2.75) is 124 Å². The molecule has 0 aromatic carbocycles. The van der Waals surface area contributed by atoms with Crippen molar-refractivity contribution in [3.05, 3.63) is 0 Å². The first-order valence-electron chi connectivity index (χ1n) is 12.7. The molecule has 190 valence electrons. The molecule has 10 atom stereocenters. The van der Waals surface area contributed by atoms with E-state index in [1.807, 2.05) is 20.8 Å². The Bertz CT molecular complexity index is 532. The second kappa shape index (κ2) is 14.0. The largest absolute Gasteiger partial charge is 0.387 e. The SMILES string of the molecule is CCC[C@@H](C)CN[C@H](C)CC(C)CC(C)C(OC1C[C@@](C)(OC)C(O)[C@H](C)O1)C(C)C=O. The highest BCUT2D eigenvalue weighted by Crippen LogP contribution is 2.35. The van der Waals surface area contributed by atoms with Crippen molar-refractivity contribution in [1.82, 2.24) is 5.32 Å². The van der Waals surface area contributed by atoms with Crippen LogP contribution in [0.25, 0.3) is 0 Å². The van der Waals surface area contributed by atoms with E-state index in [1.165, 1.54) is 12.8 Å². The van der Waals surface area contributed by atoms with Crippen molar-refractivity contribution in [2.24, 2.45) is 23.7 Å². The van der Waals surface area contributed by atoms with Gasteiger partial charge in [-0.3, -0.25) is 0 Å². The Morgan fingerprint density at radius 3 is 2.41 bits per heavy atom. The second-order valence-corrected chi connectivity index (χ2v) is 10.8. The van der Waals surface area contributed by atoms with Crippen LogP contribution in [-0.2, 0) is 19.0 Å². The fourth-order valence-electron chi connectivity index (χ4n) is 5.17. The molecule has 1 saturated heterocycles. The summed E-state index contributed by atoms with van der Waals surface area (Å²) in [5.74, 6) is 1.19. The van der Waals surface area contributed by atoms with Crippen LogP contribution >= 0.6 is 0 Å². The lowest BCUT2D eigenvalue weighted by Crippen LogP contribution is -2.57. The van der Waals surface area contributed by atoms with E-state index in [1.54, 1.807) is 7.11 Å². The molecule has 1 rings (SSSR count). The Morgan fingerprint density at radius 1 is 1.19 bits per heavy atom. The number of rotatable bonds is 15. The molecule has 0 amide bonds. The van der Waals surface area contributed by atoms with Crippen LogP contribution in [0.3, 0.4) is 0 Å². The van der Waals surface area contributed by atoms with Crippen LogP contribution in [0, 0.1) is 23.7 Å². The highest BCUT2D eigenvalue weighted by atomic mass is 16.7. The predicted molar refractivity (Wildman–Crippen MR) is 130 cm³/mol. The molecule has 6 unspecified atom stereocenters. The van der Waals surface area contributed by atoms with E-state index >= 15 is 0 Å². The average molecular weight is 458 g/mol. The Labute approximate surface area is 197 Å². The van der Waals surface area contributed by atoms with Crippen LogP contribution in [0.4, 0.5) is 0 Å². The lowest BCUT2D eigenvalue weighted by Gasteiger charge is -2.45. The van der Waals surface area contributed by atoms with Crippen molar-refractivity contribution in [1.29, 1.82) is 0 Å².